The molecule has 0 saturated heterocycles. The highest BCUT2D eigenvalue weighted by atomic mass is 16.5. The summed E-state index contributed by atoms with van der Waals surface area (Å²) in [5, 5.41) is 13.8. The minimum atomic E-state index is -1.02. The van der Waals surface area contributed by atoms with E-state index >= 15 is 0 Å². The summed E-state index contributed by atoms with van der Waals surface area (Å²) in [6, 6.07) is 19.4. The van der Waals surface area contributed by atoms with Crippen molar-refractivity contribution in [2.24, 2.45) is 5.73 Å². The van der Waals surface area contributed by atoms with Crippen molar-refractivity contribution in [1.82, 2.24) is 19.9 Å². The van der Waals surface area contributed by atoms with E-state index in [1.165, 1.54) is 0 Å². The Morgan fingerprint density at radius 3 is 2.55 bits per heavy atom. The summed E-state index contributed by atoms with van der Waals surface area (Å²) in [6.45, 7) is 4.00. The summed E-state index contributed by atoms with van der Waals surface area (Å²) in [4.78, 5) is 12.6. The number of hydrogen-bond acceptors (Lipinski definition) is 5. The Labute approximate surface area is 182 Å². The number of fused-ring (bicyclic) bond motifs is 3. The largest absolute Gasteiger partial charge is 0.374 e. The maximum atomic E-state index is 12.6. The smallest absolute Gasteiger partial charge is 0.240 e. The summed E-state index contributed by atoms with van der Waals surface area (Å²) in [7, 11) is 0. The molecule has 31 heavy (non-hydrogen) atoms. The fourth-order valence-corrected chi connectivity index (χ4v) is 3.27. The van der Waals surface area contributed by atoms with Gasteiger partial charge in [-0.1, -0.05) is 62.0 Å². The second kappa shape index (κ2) is 9.24. The van der Waals surface area contributed by atoms with Gasteiger partial charge in [-0.05, 0) is 30.9 Å². The van der Waals surface area contributed by atoms with Gasteiger partial charge >= 0.3 is 0 Å². The highest BCUT2D eigenvalue weighted by Gasteiger charge is 2.28. The van der Waals surface area contributed by atoms with Crippen molar-refractivity contribution in [3.63, 3.8) is 0 Å². The zero-order valence-electron chi connectivity index (χ0n) is 17.1. The lowest BCUT2D eigenvalue weighted by molar-refractivity contribution is -0.126. The zero-order chi connectivity index (χ0) is 21.1. The van der Waals surface area contributed by atoms with Crippen molar-refractivity contribution in [1.29, 1.82) is 0 Å². The maximum Gasteiger partial charge on any atom is 0.240 e. The van der Waals surface area contributed by atoms with Gasteiger partial charge in [0.1, 0.15) is 6.04 Å². The van der Waals surface area contributed by atoms with Gasteiger partial charge < -0.3 is 15.8 Å². The number of carbonyl (C=O) groups is 1. The van der Waals surface area contributed by atoms with Crippen LogP contribution in [0.5, 0.6) is 0 Å². The average molecular weight is 420 g/mol. The van der Waals surface area contributed by atoms with Crippen LogP contribution in [-0.4, -0.2) is 32.7 Å². The van der Waals surface area contributed by atoms with Gasteiger partial charge in [0.25, 0.3) is 0 Å². The average Bonchev–Trinajstić information content (AvgIpc) is 3.17. The quantitative estimate of drug-likeness (QED) is 0.477. The molecule has 0 aliphatic heterocycles. The van der Waals surface area contributed by atoms with Crippen LogP contribution in [0.3, 0.4) is 0 Å². The Morgan fingerprint density at radius 2 is 1.81 bits per heavy atom. The number of pyridine rings is 1. The maximum absolute atomic E-state index is 12.6. The van der Waals surface area contributed by atoms with Gasteiger partial charge in [0.2, 0.25) is 5.91 Å². The molecule has 2 heterocycles. The molecule has 1 atom stereocenters. The van der Waals surface area contributed by atoms with Crippen LogP contribution in [0.4, 0.5) is 0 Å². The highest BCUT2D eigenvalue weighted by molar-refractivity contribution is 5.93. The third-order valence-corrected chi connectivity index (χ3v) is 4.93. The predicted octanol–water partition coefficient (Wildman–Crippen LogP) is 3.63. The molecule has 162 valence electrons. The Balaban J connectivity index is 0.00000272. The third kappa shape index (κ3) is 4.90. The molecule has 4 aromatic rings. The van der Waals surface area contributed by atoms with E-state index in [0.717, 1.165) is 22.0 Å². The van der Waals surface area contributed by atoms with E-state index in [2.05, 4.69) is 15.5 Å². The summed E-state index contributed by atoms with van der Waals surface area (Å²) in [5.74, 6) is 0.315. The van der Waals surface area contributed by atoms with Gasteiger partial charge in [0.05, 0.1) is 18.8 Å². The van der Waals surface area contributed by atoms with Gasteiger partial charge in [-0.2, -0.15) is 0 Å². The van der Waals surface area contributed by atoms with Crippen molar-refractivity contribution in [2.45, 2.75) is 39.5 Å². The lowest BCUT2D eigenvalue weighted by atomic mass is 10.1. The van der Waals surface area contributed by atoms with Gasteiger partial charge in [-0.15, -0.1) is 10.2 Å². The van der Waals surface area contributed by atoms with Crippen molar-refractivity contribution in [3.05, 3.63) is 78.2 Å². The molecule has 7 heteroatoms. The topological polar surface area (TPSA) is 94.5 Å². The van der Waals surface area contributed by atoms with E-state index in [1.54, 1.807) is 13.8 Å². The minimum Gasteiger partial charge on any atom is -0.374 e. The monoisotopic (exact) mass is 419 g/mol. The van der Waals surface area contributed by atoms with Crippen LogP contribution in [0.15, 0.2) is 66.9 Å². The van der Waals surface area contributed by atoms with Crippen molar-refractivity contribution in [2.75, 3.05) is 6.61 Å². The van der Waals surface area contributed by atoms with Crippen molar-refractivity contribution >= 4 is 22.3 Å². The van der Waals surface area contributed by atoms with E-state index in [0.29, 0.717) is 12.4 Å². The molecule has 4 rings (SSSR count). The molecule has 0 spiro atoms. The van der Waals surface area contributed by atoms with Crippen LogP contribution in [0.2, 0.25) is 0 Å². The van der Waals surface area contributed by atoms with Crippen LogP contribution in [-0.2, 0) is 16.1 Å². The number of aromatic nitrogens is 3. The number of nitrogens with zero attached hydrogens (tertiary/aromatic N) is 3. The molecule has 0 aliphatic rings. The number of amides is 1. The Hall–Kier alpha value is -3.29. The first-order chi connectivity index (χ1) is 14.4. The number of ether oxygens (including phenoxy) is 1. The molecule has 3 N–H and O–H groups in total. The number of nitrogens with one attached hydrogen (secondary N) is 1. The van der Waals surface area contributed by atoms with Gasteiger partial charge in [0, 0.05) is 11.6 Å². The third-order valence-electron chi connectivity index (χ3n) is 4.93. The first-order valence-electron chi connectivity index (χ1n) is 9.87. The van der Waals surface area contributed by atoms with Gasteiger partial charge in [0.15, 0.2) is 11.5 Å². The van der Waals surface area contributed by atoms with E-state index in [1.807, 2.05) is 71.3 Å². The molecule has 0 unspecified atom stereocenters. The fraction of sp³-hybridized carbons (Fsp3) is 0.292. The zero-order valence-corrected chi connectivity index (χ0v) is 17.1. The Bertz CT molecular complexity index is 1160. The summed E-state index contributed by atoms with van der Waals surface area (Å²) in [5.41, 5.74) is 6.76. The summed E-state index contributed by atoms with van der Waals surface area (Å²) >= 11 is 0. The first-order valence-corrected chi connectivity index (χ1v) is 9.87. The molecule has 2 aromatic heterocycles. The molecule has 7 nitrogen and oxygen atoms in total. The SMILES string of the molecule is C.CC(C)(N)C(=O)N[C@H](COCc1ccccc1)c1nnc2c3ccccc3ccn12. The lowest BCUT2D eigenvalue weighted by Gasteiger charge is -2.23. The molecule has 1 amide bonds. The normalized spacial score (nSPS) is 12.5. The van der Waals surface area contributed by atoms with Crippen LogP contribution in [0.1, 0.15) is 38.7 Å². The Kier molecular flexibility index (Phi) is 6.68. The van der Waals surface area contributed by atoms with Crippen LogP contribution < -0.4 is 11.1 Å². The fourth-order valence-electron chi connectivity index (χ4n) is 3.27. The van der Waals surface area contributed by atoms with Crippen molar-refractivity contribution < 1.29 is 9.53 Å². The second-order valence-corrected chi connectivity index (χ2v) is 7.90. The van der Waals surface area contributed by atoms with E-state index in [-0.39, 0.29) is 19.9 Å². The van der Waals surface area contributed by atoms with Gasteiger partial charge in [-0.25, -0.2) is 0 Å². The van der Waals surface area contributed by atoms with Crippen LogP contribution in [0.25, 0.3) is 16.4 Å². The minimum absolute atomic E-state index is 0. The summed E-state index contributed by atoms with van der Waals surface area (Å²) in [6.07, 6.45) is 1.91. The van der Waals surface area contributed by atoms with Crippen molar-refractivity contribution in [3.8, 4) is 0 Å². The van der Waals surface area contributed by atoms with E-state index in [9.17, 15) is 4.79 Å². The second-order valence-electron chi connectivity index (χ2n) is 7.90. The number of carbonyl (C=O) groups excluding carboxylic acids is 1. The number of benzene rings is 2. The van der Waals surface area contributed by atoms with Gasteiger partial charge in [-0.3, -0.25) is 9.20 Å². The molecule has 0 aliphatic carbocycles. The lowest BCUT2D eigenvalue weighted by Crippen LogP contribution is -2.50. The summed E-state index contributed by atoms with van der Waals surface area (Å²) < 4.78 is 7.81. The molecule has 0 radical (unpaired) electrons. The predicted molar refractivity (Wildman–Crippen MR) is 122 cm³/mol. The van der Waals surface area contributed by atoms with E-state index in [4.69, 9.17) is 10.5 Å². The number of rotatable bonds is 7. The molecular formula is C24H29N5O2. The molecule has 0 bridgehead atoms. The Morgan fingerprint density at radius 1 is 1.10 bits per heavy atom. The first kappa shape index (κ1) is 22.4. The standard InChI is InChI=1S/C23H25N5O2.CH4/c1-23(2,24)22(29)25-19(15-30-14-16-8-4-3-5-9-16)21-27-26-20-18-11-7-6-10-17(18)12-13-28(20)21;/h3-13,19H,14-15,24H2,1-2H3,(H,25,29);1H4/t19-;/m1./s1. The van der Waals surface area contributed by atoms with E-state index < -0.39 is 11.6 Å². The number of hydrogen-bond donors (Lipinski definition) is 2. The molecule has 2 aromatic carbocycles. The highest BCUT2D eigenvalue weighted by Crippen LogP contribution is 2.22. The molecule has 0 fully saturated rings. The van der Waals surface area contributed by atoms with Crippen LogP contribution >= 0.6 is 0 Å². The molecule has 0 saturated carbocycles. The number of nitrogens with two attached hydrogens (primary N) is 1. The molecular weight excluding hydrogens is 390 g/mol. The van der Waals surface area contributed by atoms with Crippen LogP contribution in [0, 0.1) is 0 Å².